The van der Waals surface area contributed by atoms with E-state index in [1.807, 2.05) is 57.2 Å². The van der Waals surface area contributed by atoms with Crippen LogP contribution in [-0.2, 0) is 11.3 Å². The van der Waals surface area contributed by atoms with Gasteiger partial charge in [0.25, 0.3) is 0 Å². The SMILES string of the molecule is CC(C)(C)OC(=O)N1CCN2C(NCc3cc(-c4ccccc4)on3)=NCC2C1. The monoisotopic (exact) mass is 397 g/mol. The Bertz CT molecular complexity index is 887. The van der Waals surface area contributed by atoms with Crippen molar-refractivity contribution in [2.45, 2.75) is 39.0 Å². The lowest BCUT2D eigenvalue weighted by Crippen LogP contribution is -2.57. The van der Waals surface area contributed by atoms with Crippen LogP contribution >= 0.6 is 0 Å². The Morgan fingerprint density at radius 2 is 2.07 bits per heavy atom. The molecule has 3 heterocycles. The van der Waals surface area contributed by atoms with Crippen molar-refractivity contribution in [3.63, 3.8) is 0 Å². The maximum Gasteiger partial charge on any atom is 0.410 e. The summed E-state index contributed by atoms with van der Waals surface area (Å²) >= 11 is 0. The number of fused-ring (bicyclic) bond motifs is 1. The quantitative estimate of drug-likeness (QED) is 0.857. The molecular weight excluding hydrogens is 370 g/mol. The summed E-state index contributed by atoms with van der Waals surface area (Å²) in [6.07, 6.45) is -0.255. The minimum atomic E-state index is -0.483. The minimum Gasteiger partial charge on any atom is -0.444 e. The number of nitrogens with one attached hydrogen (secondary N) is 1. The number of aromatic nitrogens is 1. The third kappa shape index (κ3) is 4.52. The summed E-state index contributed by atoms with van der Waals surface area (Å²) in [5.41, 5.74) is 1.34. The number of benzene rings is 1. The van der Waals surface area contributed by atoms with Crippen LogP contribution in [0.25, 0.3) is 11.3 Å². The highest BCUT2D eigenvalue weighted by Gasteiger charge is 2.36. The Hall–Kier alpha value is -3.03. The van der Waals surface area contributed by atoms with Crippen LogP contribution in [0.4, 0.5) is 4.79 Å². The highest BCUT2D eigenvalue weighted by molar-refractivity contribution is 5.82. The Kier molecular flexibility index (Phi) is 5.17. The summed E-state index contributed by atoms with van der Waals surface area (Å²) in [4.78, 5) is 20.9. The molecule has 1 N–H and O–H groups in total. The molecule has 2 aliphatic heterocycles. The van der Waals surface area contributed by atoms with Crippen molar-refractivity contribution in [2.75, 3.05) is 26.2 Å². The fraction of sp³-hybridized carbons (Fsp3) is 0.476. The predicted octanol–water partition coefficient (Wildman–Crippen LogP) is 2.72. The summed E-state index contributed by atoms with van der Waals surface area (Å²) in [6.45, 7) is 8.81. The van der Waals surface area contributed by atoms with E-state index in [1.165, 1.54) is 0 Å². The second-order valence-electron chi connectivity index (χ2n) is 8.34. The lowest BCUT2D eigenvalue weighted by molar-refractivity contribution is 0.0137. The van der Waals surface area contributed by atoms with Gasteiger partial charge >= 0.3 is 6.09 Å². The van der Waals surface area contributed by atoms with Crippen LogP contribution in [-0.4, -0.2) is 64.8 Å². The summed E-state index contributed by atoms with van der Waals surface area (Å²) < 4.78 is 10.9. The van der Waals surface area contributed by atoms with Crippen molar-refractivity contribution in [1.82, 2.24) is 20.3 Å². The van der Waals surface area contributed by atoms with Crippen LogP contribution in [0, 0.1) is 0 Å². The van der Waals surface area contributed by atoms with E-state index in [9.17, 15) is 4.79 Å². The fourth-order valence-corrected chi connectivity index (χ4v) is 3.53. The topological polar surface area (TPSA) is 83.2 Å². The zero-order valence-corrected chi connectivity index (χ0v) is 17.1. The first-order valence-electron chi connectivity index (χ1n) is 9.93. The van der Waals surface area contributed by atoms with Gasteiger partial charge < -0.3 is 24.4 Å². The molecule has 1 aromatic heterocycles. The molecule has 0 saturated carbocycles. The number of hydrogen-bond acceptors (Lipinski definition) is 7. The average Bonchev–Trinajstić information content (AvgIpc) is 3.32. The first-order valence-corrected chi connectivity index (χ1v) is 9.93. The van der Waals surface area contributed by atoms with Crippen molar-refractivity contribution < 1.29 is 14.1 Å². The van der Waals surface area contributed by atoms with Gasteiger partial charge in [0.05, 0.1) is 19.1 Å². The third-order valence-electron chi connectivity index (χ3n) is 4.90. The molecule has 4 rings (SSSR count). The van der Waals surface area contributed by atoms with Crippen LogP contribution < -0.4 is 5.32 Å². The van der Waals surface area contributed by atoms with Crippen molar-refractivity contribution in [3.8, 4) is 11.3 Å². The second kappa shape index (κ2) is 7.77. The normalized spacial score (nSPS) is 19.0. The first-order chi connectivity index (χ1) is 13.9. The van der Waals surface area contributed by atoms with Crippen LogP contribution in [0.5, 0.6) is 0 Å². The molecule has 29 heavy (non-hydrogen) atoms. The maximum absolute atomic E-state index is 12.3. The van der Waals surface area contributed by atoms with E-state index in [-0.39, 0.29) is 12.1 Å². The lowest BCUT2D eigenvalue weighted by atomic mass is 10.1. The van der Waals surface area contributed by atoms with E-state index in [0.717, 1.165) is 29.5 Å². The number of carbonyl (C=O) groups excluding carboxylic acids is 1. The Balaban J connectivity index is 1.30. The van der Waals surface area contributed by atoms with E-state index in [4.69, 9.17) is 9.26 Å². The molecule has 1 amide bonds. The lowest BCUT2D eigenvalue weighted by Gasteiger charge is -2.39. The molecule has 1 atom stereocenters. The fourth-order valence-electron chi connectivity index (χ4n) is 3.53. The van der Waals surface area contributed by atoms with Crippen molar-refractivity contribution in [3.05, 3.63) is 42.1 Å². The number of guanidine groups is 1. The van der Waals surface area contributed by atoms with Crippen LogP contribution in [0.15, 0.2) is 45.9 Å². The molecule has 0 radical (unpaired) electrons. The number of amides is 1. The van der Waals surface area contributed by atoms with Gasteiger partial charge in [0.2, 0.25) is 0 Å². The van der Waals surface area contributed by atoms with Gasteiger partial charge in [0.15, 0.2) is 11.7 Å². The number of carbonyl (C=O) groups is 1. The van der Waals surface area contributed by atoms with Gasteiger partial charge in [-0.15, -0.1) is 0 Å². The molecule has 154 valence electrons. The molecule has 1 fully saturated rings. The van der Waals surface area contributed by atoms with Crippen LogP contribution in [0.1, 0.15) is 26.5 Å². The number of piperazine rings is 1. The molecule has 2 aliphatic rings. The smallest absolute Gasteiger partial charge is 0.410 e. The molecular formula is C21H27N5O3. The summed E-state index contributed by atoms with van der Waals surface area (Å²) in [6, 6.07) is 12.0. The van der Waals surface area contributed by atoms with Crippen LogP contribution in [0.3, 0.4) is 0 Å². The summed E-state index contributed by atoms with van der Waals surface area (Å²) in [5.74, 6) is 1.60. The number of rotatable bonds is 3. The number of ether oxygens (including phenoxy) is 1. The van der Waals surface area contributed by atoms with Gasteiger partial charge in [0.1, 0.15) is 11.3 Å². The molecule has 1 aromatic carbocycles. The Morgan fingerprint density at radius 3 is 2.83 bits per heavy atom. The summed E-state index contributed by atoms with van der Waals surface area (Å²) in [7, 11) is 0. The van der Waals surface area contributed by atoms with Gasteiger partial charge in [-0.1, -0.05) is 35.5 Å². The second-order valence-corrected chi connectivity index (χ2v) is 8.34. The molecule has 0 spiro atoms. The van der Waals surface area contributed by atoms with E-state index in [0.29, 0.717) is 26.2 Å². The van der Waals surface area contributed by atoms with Gasteiger partial charge in [0, 0.05) is 31.3 Å². The van der Waals surface area contributed by atoms with Gasteiger partial charge in [-0.25, -0.2) is 4.79 Å². The zero-order chi connectivity index (χ0) is 20.4. The average molecular weight is 397 g/mol. The molecule has 2 aromatic rings. The standard InChI is InChI=1S/C21H27N5O3/c1-21(2,3)28-20(27)25-9-10-26-17(14-25)13-23-19(26)22-12-16-11-18(29-24-16)15-7-5-4-6-8-15/h4-8,11,17H,9-10,12-14H2,1-3H3,(H,22,23). The van der Waals surface area contributed by atoms with Crippen LogP contribution in [0.2, 0.25) is 0 Å². The van der Waals surface area contributed by atoms with Crippen molar-refractivity contribution >= 4 is 12.1 Å². The van der Waals surface area contributed by atoms with E-state index in [2.05, 4.69) is 20.4 Å². The van der Waals surface area contributed by atoms with Gasteiger partial charge in [-0.2, -0.15) is 0 Å². The highest BCUT2D eigenvalue weighted by Crippen LogP contribution is 2.21. The van der Waals surface area contributed by atoms with E-state index < -0.39 is 5.60 Å². The molecule has 0 aliphatic carbocycles. The Morgan fingerprint density at radius 1 is 1.28 bits per heavy atom. The van der Waals surface area contributed by atoms with Crippen molar-refractivity contribution in [2.24, 2.45) is 4.99 Å². The van der Waals surface area contributed by atoms with E-state index >= 15 is 0 Å². The Labute approximate surface area is 170 Å². The predicted molar refractivity (Wildman–Crippen MR) is 109 cm³/mol. The molecule has 8 heteroatoms. The minimum absolute atomic E-state index is 0.177. The van der Waals surface area contributed by atoms with Gasteiger partial charge in [-0.3, -0.25) is 4.99 Å². The third-order valence-corrected chi connectivity index (χ3v) is 4.90. The van der Waals surface area contributed by atoms with Crippen molar-refractivity contribution in [1.29, 1.82) is 0 Å². The van der Waals surface area contributed by atoms with E-state index in [1.54, 1.807) is 4.90 Å². The van der Waals surface area contributed by atoms with Gasteiger partial charge in [-0.05, 0) is 20.8 Å². The molecule has 1 unspecified atom stereocenters. The molecule has 0 bridgehead atoms. The maximum atomic E-state index is 12.3. The zero-order valence-electron chi connectivity index (χ0n) is 17.1. The molecule has 8 nitrogen and oxygen atoms in total. The number of hydrogen-bond donors (Lipinski definition) is 1. The largest absolute Gasteiger partial charge is 0.444 e. The number of aliphatic imine (C=N–C) groups is 1. The summed E-state index contributed by atoms with van der Waals surface area (Å²) in [5, 5.41) is 7.51. The number of nitrogens with zero attached hydrogens (tertiary/aromatic N) is 4. The first kappa shape index (κ1) is 19.3. The molecule has 1 saturated heterocycles. The highest BCUT2D eigenvalue weighted by atomic mass is 16.6.